The molecule has 0 saturated carbocycles. The van der Waals surface area contributed by atoms with Crippen molar-refractivity contribution in [1.82, 2.24) is 10.2 Å². The van der Waals surface area contributed by atoms with Gasteiger partial charge in [-0.3, -0.25) is 0 Å². The highest BCUT2D eigenvalue weighted by Gasteiger charge is 2.22. The average molecular weight is 371 g/mol. The number of para-hydroxylation sites is 1. The minimum Gasteiger partial charge on any atom is -0.494 e. The van der Waals surface area contributed by atoms with Crippen LogP contribution in [0.15, 0.2) is 48.5 Å². The molecule has 1 fully saturated rings. The van der Waals surface area contributed by atoms with Crippen molar-refractivity contribution in [2.24, 2.45) is 0 Å². The molecule has 5 nitrogen and oxygen atoms in total. The number of urea groups is 1. The number of rotatable bonds is 6. The summed E-state index contributed by atoms with van der Waals surface area (Å²) in [6.07, 6.45) is 0.745. The van der Waals surface area contributed by atoms with Gasteiger partial charge in [-0.1, -0.05) is 29.8 Å². The Balaban J connectivity index is 1.34. The van der Waals surface area contributed by atoms with Crippen LogP contribution in [-0.2, 0) is 0 Å². The summed E-state index contributed by atoms with van der Waals surface area (Å²) in [4.78, 5) is 16.0. The van der Waals surface area contributed by atoms with Crippen LogP contribution in [0.3, 0.4) is 0 Å². The fourth-order valence-electron chi connectivity index (χ4n) is 3.06. The van der Waals surface area contributed by atoms with Crippen molar-refractivity contribution in [2.45, 2.75) is 13.3 Å². The van der Waals surface area contributed by atoms with Gasteiger partial charge < -0.3 is 19.9 Å². The number of nitrogens with one attached hydrogen (secondary N) is 1. The topological polar surface area (TPSA) is 44.8 Å². The predicted molar refractivity (Wildman–Crippen MR) is 105 cm³/mol. The SMILES string of the molecule is Cc1ccc(OCCCNC(=O)N2CCN(c3ccccc3F)CC2)cc1. The number of hydrogen-bond acceptors (Lipinski definition) is 3. The summed E-state index contributed by atoms with van der Waals surface area (Å²) in [5, 5.41) is 2.93. The molecule has 1 saturated heterocycles. The smallest absolute Gasteiger partial charge is 0.317 e. The molecule has 2 aromatic rings. The summed E-state index contributed by atoms with van der Waals surface area (Å²) in [5.41, 5.74) is 1.80. The molecular formula is C21H26FN3O2. The van der Waals surface area contributed by atoms with E-state index in [1.165, 1.54) is 11.6 Å². The lowest BCUT2D eigenvalue weighted by atomic mass is 10.2. The molecule has 0 unspecified atom stereocenters. The number of carbonyl (C=O) groups is 1. The second-order valence-corrected chi connectivity index (χ2v) is 6.67. The Labute approximate surface area is 159 Å². The quantitative estimate of drug-likeness (QED) is 0.792. The van der Waals surface area contributed by atoms with Crippen LogP contribution in [0.1, 0.15) is 12.0 Å². The van der Waals surface area contributed by atoms with E-state index in [9.17, 15) is 9.18 Å². The Morgan fingerprint density at radius 3 is 2.48 bits per heavy atom. The van der Waals surface area contributed by atoms with Crippen molar-refractivity contribution < 1.29 is 13.9 Å². The summed E-state index contributed by atoms with van der Waals surface area (Å²) in [6.45, 7) is 5.59. The Morgan fingerprint density at radius 2 is 1.78 bits per heavy atom. The molecule has 1 N–H and O–H groups in total. The van der Waals surface area contributed by atoms with Crippen LogP contribution in [0, 0.1) is 12.7 Å². The highest BCUT2D eigenvalue weighted by atomic mass is 19.1. The monoisotopic (exact) mass is 371 g/mol. The van der Waals surface area contributed by atoms with E-state index in [2.05, 4.69) is 5.32 Å². The van der Waals surface area contributed by atoms with Crippen LogP contribution < -0.4 is 15.0 Å². The lowest BCUT2D eigenvalue weighted by Gasteiger charge is -2.36. The van der Waals surface area contributed by atoms with Crippen LogP contribution in [0.5, 0.6) is 5.75 Å². The minimum atomic E-state index is -0.219. The number of ether oxygens (including phenoxy) is 1. The van der Waals surface area contributed by atoms with E-state index >= 15 is 0 Å². The Bertz CT molecular complexity index is 743. The zero-order valence-electron chi connectivity index (χ0n) is 15.7. The minimum absolute atomic E-state index is 0.0708. The summed E-state index contributed by atoms with van der Waals surface area (Å²) >= 11 is 0. The predicted octanol–water partition coefficient (Wildman–Crippen LogP) is 3.43. The van der Waals surface area contributed by atoms with Gasteiger partial charge in [-0.15, -0.1) is 0 Å². The molecule has 6 heteroatoms. The number of aryl methyl sites for hydroxylation is 1. The van der Waals surface area contributed by atoms with E-state index in [0.29, 0.717) is 45.0 Å². The molecule has 2 aromatic carbocycles. The molecule has 0 spiro atoms. The van der Waals surface area contributed by atoms with E-state index in [-0.39, 0.29) is 11.8 Å². The van der Waals surface area contributed by atoms with Gasteiger partial charge in [-0.05, 0) is 37.6 Å². The van der Waals surface area contributed by atoms with Gasteiger partial charge in [0.05, 0.1) is 12.3 Å². The molecule has 1 aliphatic rings. The lowest BCUT2D eigenvalue weighted by molar-refractivity contribution is 0.193. The van der Waals surface area contributed by atoms with Crippen molar-refractivity contribution in [3.05, 3.63) is 59.9 Å². The van der Waals surface area contributed by atoms with Crippen molar-refractivity contribution >= 4 is 11.7 Å². The normalized spacial score (nSPS) is 14.1. The first-order chi connectivity index (χ1) is 13.1. The van der Waals surface area contributed by atoms with Crippen molar-refractivity contribution in [2.75, 3.05) is 44.2 Å². The van der Waals surface area contributed by atoms with Gasteiger partial charge in [0.15, 0.2) is 0 Å². The van der Waals surface area contributed by atoms with Gasteiger partial charge in [-0.2, -0.15) is 0 Å². The van der Waals surface area contributed by atoms with Crippen LogP contribution in [-0.4, -0.2) is 50.3 Å². The molecule has 1 heterocycles. The molecule has 27 heavy (non-hydrogen) atoms. The van der Waals surface area contributed by atoms with Gasteiger partial charge >= 0.3 is 6.03 Å². The average Bonchev–Trinajstić information content (AvgIpc) is 2.69. The largest absolute Gasteiger partial charge is 0.494 e. The first kappa shape index (κ1) is 19.0. The highest BCUT2D eigenvalue weighted by Crippen LogP contribution is 2.20. The van der Waals surface area contributed by atoms with Gasteiger partial charge in [0.25, 0.3) is 0 Å². The lowest BCUT2D eigenvalue weighted by Crippen LogP contribution is -2.52. The van der Waals surface area contributed by atoms with Crippen molar-refractivity contribution in [3.8, 4) is 5.75 Å². The first-order valence-electron chi connectivity index (χ1n) is 9.35. The molecule has 144 valence electrons. The summed E-state index contributed by atoms with van der Waals surface area (Å²) < 4.78 is 19.5. The van der Waals surface area contributed by atoms with E-state index < -0.39 is 0 Å². The van der Waals surface area contributed by atoms with Gasteiger partial charge in [0.1, 0.15) is 11.6 Å². The number of carbonyl (C=O) groups excluding carboxylic acids is 1. The number of hydrogen-bond donors (Lipinski definition) is 1. The standard InChI is InChI=1S/C21H26FN3O2/c1-17-7-9-18(10-8-17)27-16-4-11-23-21(26)25-14-12-24(13-15-25)20-6-3-2-5-19(20)22/h2-3,5-10H,4,11-16H2,1H3,(H,23,26). The van der Waals surface area contributed by atoms with Crippen molar-refractivity contribution in [3.63, 3.8) is 0 Å². The third-order valence-electron chi connectivity index (χ3n) is 4.65. The number of amides is 2. The van der Waals surface area contributed by atoms with Crippen LogP contribution in [0.2, 0.25) is 0 Å². The highest BCUT2D eigenvalue weighted by molar-refractivity contribution is 5.74. The zero-order valence-corrected chi connectivity index (χ0v) is 15.7. The zero-order chi connectivity index (χ0) is 19.1. The van der Waals surface area contributed by atoms with Crippen LogP contribution in [0.25, 0.3) is 0 Å². The number of benzene rings is 2. The van der Waals surface area contributed by atoms with E-state index in [0.717, 1.165) is 12.2 Å². The maximum atomic E-state index is 13.9. The number of piperazine rings is 1. The van der Waals surface area contributed by atoms with Gasteiger partial charge in [0, 0.05) is 32.7 Å². The number of nitrogens with zero attached hydrogens (tertiary/aromatic N) is 2. The first-order valence-corrected chi connectivity index (χ1v) is 9.35. The van der Waals surface area contributed by atoms with E-state index in [1.54, 1.807) is 17.0 Å². The third kappa shape index (κ3) is 5.36. The molecule has 1 aliphatic heterocycles. The summed E-state index contributed by atoms with van der Waals surface area (Å²) in [6, 6.07) is 14.6. The van der Waals surface area contributed by atoms with Gasteiger partial charge in [0.2, 0.25) is 0 Å². The summed E-state index contributed by atoms with van der Waals surface area (Å²) in [5.74, 6) is 0.625. The fourth-order valence-corrected chi connectivity index (χ4v) is 3.06. The summed E-state index contributed by atoms with van der Waals surface area (Å²) in [7, 11) is 0. The van der Waals surface area contributed by atoms with Crippen LogP contribution in [0.4, 0.5) is 14.9 Å². The van der Waals surface area contributed by atoms with E-state index in [1.807, 2.05) is 42.2 Å². The molecule has 2 amide bonds. The van der Waals surface area contributed by atoms with E-state index in [4.69, 9.17) is 4.74 Å². The molecule has 0 radical (unpaired) electrons. The fraction of sp³-hybridized carbons (Fsp3) is 0.381. The third-order valence-corrected chi connectivity index (χ3v) is 4.65. The number of anilines is 1. The molecule has 0 aliphatic carbocycles. The Kier molecular flexibility index (Phi) is 6.52. The maximum absolute atomic E-state index is 13.9. The molecular weight excluding hydrogens is 345 g/mol. The molecule has 0 atom stereocenters. The molecule has 3 rings (SSSR count). The van der Waals surface area contributed by atoms with Crippen LogP contribution >= 0.6 is 0 Å². The van der Waals surface area contributed by atoms with Gasteiger partial charge in [-0.25, -0.2) is 9.18 Å². The Morgan fingerprint density at radius 1 is 1.07 bits per heavy atom. The molecule has 0 aromatic heterocycles. The van der Waals surface area contributed by atoms with Crippen molar-refractivity contribution in [1.29, 1.82) is 0 Å². The second kappa shape index (κ2) is 9.26. The maximum Gasteiger partial charge on any atom is 0.317 e. The second-order valence-electron chi connectivity index (χ2n) is 6.67. The Hall–Kier alpha value is -2.76. The number of halogens is 1. The molecule has 0 bridgehead atoms.